The molecule has 4 rings (SSSR count). The molecule has 34 heavy (non-hydrogen) atoms. The number of fused-ring (bicyclic) bond motifs is 1. The predicted molar refractivity (Wildman–Crippen MR) is 133 cm³/mol. The summed E-state index contributed by atoms with van der Waals surface area (Å²) in [6.45, 7) is 4.91. The Bertz CT molecular complexity index is 1100. The molecule has 1 N–H and O–H groups in total. The molecule has 1 fully saturated rings. The smallest absolute Gasteiger partial charge is 0.243 e. The molecule has 0 radical (unpaired) electrons. The fourth-order valence-corrected chi connectivity index (χ4v) is 6.62. The zero-order valence-corrected chi connectivity index (χ0v) is 21.2. The van der Waals surface area contributed by atoms with E-state index in [1.54, 1.807) is 17.5 Å². The largest absolute Gasteiger partial charge is 0.497 e. The molecule has 1 heterocycles. The van der Waals surface area contributed by atoms with Gasteiger partial charge in [0.15, 0.2) is 0 Å². The molecular weight excluding hydrogens is 448 g/mol. The lowest BCUT2D eigenvalue weighted by molar-refractivity contribution is -0.127. The third-order valence-electron chi connectivity index (χ3n) is 7.22. The van der Waals surface area contributed by atoms with E-state index in [1.165, 1.54) is 17.5 Å². The van der Waals surface area contributed by atoms with Crippen LogP contribution >= 0.6 is 0 Å². The number of hydrogen-bond acceptors (Lipinski definition) is 4. The van der Waals surface area contributed by atoms with Crippen LogP contribution in [0.1, 0.15) is 62.3 Å². The topological polar surface area (TPSA) is 75.7 Å². The van der Waals surface area contributed by atoms with E-state index in [1.807, 2.05) is 36.4 Å². The zero-order chi connectivity index (χ0) is 24.3. The van der Waals surface area contributed by atoms with Crippen LogP contribution in [0.2, 0.25) is 0 Å². The van der Waals surface area contributed by atoms with Gasteiger partial charge in [-0.15, -0.1) is 0 Å². The van der Waals surface area contributed by atoms with Crippen molar-refractivity contribution < 1.29 is 17.9 Å². The SMILES string of the molecule is COc1ccc(C(NC(=O)C2CCN(S(=O)(=O)c3ccc4c(c3)CCCC4)CC2)C(C)C)cc1. The number of benzene rings is 2. The molecule has 2 aliphatic rings. The summed E-state index contributed by atoms with van der Waals surface area (Å²) in [4.78, 5) is 13.5. The first kappa shape index (κ1) is 24.7. The molecule has 1 amide bonds. The minimum atomic E-state index is -3.54. The summed E-state index contributed by atoms with van der Waals surface area (Å²) in [6, 6.07) is 13.3. The number of rotatable bonds is 7. The second-order valence-corrected chi connectivity index (χ2v) is 11.8. The summed E-state index contributed by atoms with van der Waals surface area (Å²) in [5.74, 6) is 0.821. The van der Waals surface area contributed by atoms with Crippen molar-refractivity contribution in [1.82, 2.24) is 9.62 Å². The first-order valence-corrected chi connectivity index (χ1v) is 13.8. The van der Waals surface area contributed by atoms with Crippen LogP contribution in [0, 0.1) is 11.8 Å². The first-order chi connectivity index (χ1) is 16.3. The standard InChI is InChI=1S/C27H36N2O4S/c1-19(2)26(21-8-11-24(33-3)12-9-21)28-27(30)22-14-16-29(17-15-22)34(31,32)25-13-10-20-6-4-5-7-23(20)18-25/h8-13,18-19,22,26H,4-7,14-17H2,1-3H3,(H,28,30). The molecule has 2 aromatic carbocycles. The second kappa shape index (κ2) is 10.5. The lowest BCUT2D eigenvalue weighted by atomic mass is 9.92. The molecule has 1 saturated heterocycles. The Labute approximate surface area is 203 Å². The highest BCUT2D eigenvalue weighted by Crippen LogP contribution is 2.29. The maximum Gasteiger partial charge on any atom is 0.243 e. The molecule has 1 atom stereocenters. The summed E-state index contributed by atoms with van der Waals surface area (Å²) in [6.07, 6.45) is 5.33. The molecule has 1 aliphatic carbocycles. The summed E-state index contributed by atoms with van der Waals surface area (Å²) in [5.41, 5.74) is 3.48. The van der Waals surface area contributed by atoms with Crippen LogP contribution < -0.4 is 10.1 Å². The predicted octanol–water partition coefficient (Wildman–Crippen LogP) is 4.49. The van der Waals surface area contributed by atoms with E-state index in [9.17, 15) is 13.2 Å². The average molecular weight is 485 g/mol. The normalized spacial score (nSPS) is 18.4. The number of carbonyl (C=O) groups excluding carboxylic acids is 1. The van der Waals surface area contributed by atoms with Crippen molar-refractivity contribution in [3.63, 3.8) is 0 Å². The highest BCUT2D eigenvalue weighted by Gasteiger charge is 2.33. The Morgan fingerprint density at radius 3 is 2.26 bits per heavy atom. The van der Waals surface area contributed by atoms with Gasteiger partial charge in [-0.1, -0.05) is 32.0 Å². The minimum absolute atomic E-state index is 0.000321. The Balaban J connectivity index is 1.39. The number of sulfonamides is 1. The lowest BCUT2D eigenvalue weighted by Gasteiger charge is -2.32. The van der Waals surface area contributed by atoms with Gasteiger partial charge in [0.2, 0.25) is 15.9 Å². The molecular formula is C27H36N2O4S. The minimum Gasteiger partial charge on any atom is -0.497 e. The van der Waals surface area contributed by atoms with E-state index in [2.05, 4.69) is 19.2 Å². The molecule has 0 spiro atoms. The van der Waals surface area contributed by atoms with Crippen LogP contribution in [0.25, 0.3) is 0 Å². The quantitative estimate of drug-likeness (QED) is 0.628. The number of ether oxygens (including phenoxy) is 1. The van der Waals surface area contributed by atoms with E-state index in [0.717, 1.165) is 30.6 Å². The van der Waals surface area contributed by atoms with Gasteiger partial charge in [0.1, 0.15) is 5.75 Å². The number of hydrogen-bond donors (Lipinski definition) is 1. The molecule has 7 heteroatoms. The summed E-state index contributed by atoms with van der Waals surface area (Å²) >= 11 is 0. The average Bonchev–Trinajstić information content (AvgIpc) is 2.86. The van der Waals surface area contributed by atoms with Crippen molar-refractivity contribution in [3.05, 3.63) is 59.2 Å². The molecule has 1 aliphatic heterocycles. The second-order valence-electron chi connectivity index (χ2n) is 9.82. The van der Waals surface area contributed by atoms with E-state index >= 15 is 0 Å². The molecule has 184 valence electrons. The molecule has 0 saturated carbocycles. The summed E-state index contributed by atoms with van der Waals surface area (Å²) in [5, 5.41) is 3.21. The number of carbonyl (C=O) groups is 1. The number of nitrogens with one attached hydrogen (secondary N) is 1. The number of aryl methyl sites for hydroxylation is 2. The van der Waals surface area contributed by atoms with Gasteiger partial charge >= 0.3 is 0 Å². The molecule has 6 nitrogen and oxygen atoms in total. The van der Waals surface area contributed by atoms with Gasteiger partial charge in [0.05, 0.1) is 18.0 Å². The van der Waals surface area contributed by atoms with Gasteiger partial charge in [-0.2, -0.15) is 4.31 Å². The number of methoxy groups -OCH3 is 1. The van der Waals surface area contributed by atoms with Crippen LogP contribution in [-0.4, -0.2) is 38.8 Å². The van der Waals surface area contributed by atoms with Crippen LogP contribution in [-0.2, 0) is 27.7 Å². The Morgan fingerprint density at radius 2 is 1.65 bits per heavy atom. The number of nitrogens with zero attached hydrogens (tertiary/aromatic N) is 1. The Morgan fingerprint density at radius 1 is 1.00 bits per heavy atom. The monoisotopic (exact) mass is 484 g/mol. The third kappa shape index (κ3) is 5.31. The summed E-state index contributed by atoms with van der Waals surface area (Å²) < 4.78 is 33.3. The molecule has 0 aromatic heterocycles. The number of piperidine rings is 1. The fourth-order valence-electron chi connectivity index (χ4n) is 5.09. The molecule has 1 unspecified atom stereocenters. The van der Waals surface area contributed by atoms with Gasteiger partial charge < -0.3 is 10.1 Å². The van der Waals surface area contributed by atoms with Gasteiger partial charge in [-0.3, -0.25) is 4.79 Å². The summed E-state index contributed by atoms with van der Waals surface area (Å²) in [7, 11) is -1.91. The van der Waals surface area contributed by atoms with E-state index in [-0.39, 0.29) is 23.8 Å². The van der Waals surface area contributed by atoms with Crippen LogP contribution in [0.3, 0.4) is 0 Å². The maximum absolute atomic E-state index is 13.3. The van der Waals surface area contributed by atoms with Crippen molar-refractivity contribution >= 4 is 15.9 Å². The van der Waals surface area contributed by atoms with E-state index in [0.29, 0.717) is 30.8 Å². The van der Waals surface area contributed by atoms with Crippen molar-refractivity contribution in [2.45, 2.75) is 63.3 Å². The van der Waals surface area contributed by atoms with Crippen LogP contribution in [0.5, 0.6) is 5.75 Å². The van der Waals surface area contributed by atoms with Gasteiger partial charge in [0, 0.05) is 19.0 Å². The van der Waals surface area contributed by atoms with Gasteiger partial charge in [-0.05, 0) is 85.4 Å². The molecule has 0 bridgehead atoms. The third-order valence-corrected chi connectivity index (χ3v) is 9.12. The highest BCUT2D eigenvalue weighted by atomic mass is 32.2. The van der Waals surface area contributed by atoms with Crippen molar-refractivity contribution in [1.29, 1.82) is 0 Å². The first-order valence-electron chi connectivity index (χ1n) is 12.4. The Hall–Kier alpha value is -2.38. The van der Waals surface area contributed by atoms with Crippen molar-refractivity contribution in [3.8, 4) is 5.75 Å². The van der Waals surface area contributed by atoms with Gasteiger partial charge in [-0.25, -0.2) is 8.42 Å². The number of amides is 1. The lowest BCUT2D eigenvalue weighted by Crippen LogP contribution is -2.44. The van der Waals surface area contributed by atoms with Crippen LogP contribution in [0.4, 0.5) is 0 Å². The van der Waals surface area contributed by atoms with Crippen molar-refractivity contribution in [2.24, 2.45) is 11.8 Å². The maximum atomic E-state index is 13.3. The van der Waals surface area contributed by atoms with E-state index < -0.39 is 10.0 Å². The fraction of sp³-hybridized carbons (Fsp3) is 0.519. The van der Waals surface area contributed by atoms with Crippen molar-refractivity contribution in [2.75, 3.05) is 20.2 Å². The zero-order valence-electron chi connectivity index (χ0n) is 20.4. The van der Waals surface area contributed by atoms with Gasteiger partial charge in [0.25, 0.3) is 0 Å². The Kier molecular flexibility index (Phi) is 7.63. The molecule has 2 aromatic rings. The van der Waals surface area contributed by atoms with E-state index in [4.69, 9.17) is 4.74 Å². The highest BCUT2D eigenvalue weighted by molar-refractivity contribution is 7.89. The van der Waals surface area contributed by atoms with Crippen LogP contribution in [0.15, 0.2) is 47.4 Å².